The SMILES string of the molecule is COc1cccc(-c2cnnn2-c2ccc(C(=O)O)cc2)c1. The van der Waals surface area contributed by atoms with E-state index in [4.69, 9.17) is 9.84 Å². The van der Waals surface area contributed by atoms with E-state index in [0.717, 1.165) is 22.7 Å². The van der Waals surface area contributed by atoms with E-state index in [2.05, 4.69) is 10.3 Å². The fraction of sp³-hybridized carbons (Fsp3) is 0.0625. The summed E-state index contributed by atoms with van der Waals surface area (Å²) in [4.78, 5) is 10.9. The summed E-state index contributed by atoms with van der Waals surface area (Å²) in [7, 11) is 1.61. The summed E-state index contributed by atoms with van der Waals surface area (Å²) in [6, 6.07) is 14.0. The molecule has 3 rings (SSSR count). The molecule has 3 aromatic rings. The second-order valence-electron chi connectivity index (χ2n) is 4.62. The van der Waals surface area contributed by atoms with E-state index in [1.54, 1.807) is 30.1 Å². The highest BCUT2D eigenvalue weighted by Crippen LogP contribution is 2.25. The molecule has 0 bridgehead atoms. The van der Waals surface area contributed by atoms with E-state index in [-0.39, 0.29) is 5.56 Å². The zero-order valence-corrected chi connectivity index (χ0v) is 11.8. The summed E-state index contributed by atoms with van der Waals surface area (Å²) >= 11 is 0. The van der Waals surface area contributed by atoms with Crippen LogP contribution in [0.4, 0.5) is 0 Å². The summed E-state index contributed by atoms with van der Waals surface area (Å²) in [6.45, 7) is 0. The summed E-state index contributed by atoms with van der Waals surface area (Å²) in [6.07, 6.45) is 1.65. The average molecular weight is 295 g/mol. The first-order chi connectivity index (χ1) is 10.7. The van der Waals surface area contributed by atoms with Gasteiger partial charge in [-0.1, -0.05) is 17.3 Å². The van der Waals surface area contributed by atoms with Gasteiger partial charge in [0, 0.05) is 5.56 Å². The van der Waals surface area contributed by atoms with E-state index in [1.807, 2.05) is 24.3 Å². The zero-order chi connectivity index (χ0) is 15.5. The molecular weight excluding hydrogens is 282 g/mol. The van der Waals surface area contributed by atoms with Gasteiger partial charge in [-0.15, -0.1) is 5.10 Å². The summed E-state index contributed by atoms with van der Waals surface area (Å²) in [5, 5.41) is 17.0. The Hall–Kier alpha value is -3.15. The van der Waals surface area contributed by atoms with Crippen molar-refractivity contribution in [3.63, 3.8) is 0 Å². The Kier molecular flexibility index (Phi) is 3.57. The molecule has 0 saturated carbocycles. The van der Waals surface area contributed by atoms with Gasteiger partial charge < -0.3 is 9.84 Å². The second kappa shape index (κ2) is 5.69. The quantitative estimate of drug-likeness (QED) is 0.800. The standard InChI is InChI=1S/C16H13N3O3/c1-22-14-4-2-3-12(9-14)15-10-17-18-19(15)13-7-5-11(6-8-13)16(20)21/h2-10H,1H3,(H,20,21). The molecular formula is C16H13N3O3. The molecule has 0 atom stereocenters. The van der Waals surface area contributed by atoms with Crippen molar-refractivity contribution in [1.82, 2.24) is 15.0 Å². The fourth-order valence-electron chi connectivity index (χ4n) is 2.15. The van der Waals surface area contributed by atoms with Crippen LogP contribution in [0, 0.1) is 0 Å². The highest BCUT2D eigenvalue weighted by molar-refractivity contribution is 5.87. The molecule has 2 aromatic carbocycles. The molecule has 0 radical (unpaired) electrons. The lowest BCUT2D eigenvalue weighted by Gasteiger charge is -2.08. The smallest absolute Gasteiger partial charge is 0.335 e. The number of ether oxygens (including phenoxy) is 1. The first-order valence-electron chi connectivity index (χ1n) is 6.58. The first kappa shape index (κ1) is 13.8. The predicted octanol–water partition coefficient (Wildman–Crippen LogP) is 2.64. The predicted molar refractivity (Wildman–Crippen MR) is 80.3 cm³/mol. The van der Waals surface area contributed by atoms with Gasteiger partial charge in [0.15, 0.2) is 0 Å². The Bertz CT molecular complexity index is 810. The topological polar surface area (TPSA) is 77.2 Å². The molecule has 22 heavy (non-hydrogen) atoms. The summed E-state index contributed by atoms with van der Waals surface area (Å²) in [5.74, 6) is -0.218. The van der Waals surface area contributed by atoms with Crippen LogP contribution in [0.15, 0.2) is 54.7 Å². The minimum atomic E-state index is -0.960. The lowest BCUT2D eigenvalue weighted by atomic mass is 10.1. The normalized spacial score (nSPS) is 10.4. The van der Waals surface area contributed by atoms with E-state index in [1.165, 1.54) is 12.1 Å². The van der Waals surface area contributed by atoms with Gasteiger partial charge in [-0.2, -0.15) is 0 Å². The number of aromatic nitrogens is 3. The number of carboxylic acids is 1. The number of nitrogens with zero attached hydrogens (tertiary/aromatic N) is 3. The van der Waals surface area contributed by atoms with Crippen molar-refractivity contribution >= 4 is 5.97 Å². The Morgan fingerprint density at radius 2 is 1.95 bits per heavy atom. The third-order valence-corrected chi connectivity index (χ3v) is 3.27. The Labute approximate surface area is 126 Å². The van der Waals surface area contributed by atoms with Gasteiger partial charge in [-0.05, 0) is 36.4 Å². The van der Waals surface area contributed by atoms with Gasteiger partial charge in [0.05, 0.1) is 30.3 Å². The third-order valence-electron chi connectivity index (χ3n) is 3.27. The van der Waals surface area contributed by atoms with E-state index in [9.17, 15) is 4.79 Å². The maximum atomic E-state index is 10.9. The van der Waals surface area contributed by atoms with E-state index >= 15 is 0 Å². The highest BCUT2D eigenvalue weighted by atomic mass is 16.5. The molecule has 1 heterocycles. The van der Waals surface area contributed by atoms with Crippen molar-refractivity contribution in [2.75, 3.05) is 7.11 Å². The van der Waals surface area contributed by atoms with Crippen molar-refractivity contribution in [1.29, 1.82) is 0 Å². The third kappa shape index (κ3) is 2.54. The van der Waals surface area contributed by atoms with Crippen molar-refractivity contribution in [2.45, 2.75) is 0 Å². The number of aromatic carboxylic acids is 1. The number of methoxy groups -OCH3 is 1. The molecule has 0 fully saturated rings. The average Bonchev–Trinajstić information content (AvgIpc) is 3.04. The van der Waals surface area contributed by atoms with Gasteiger partial charge in [0.2, 0.25) is 0 Å². The number of carboxylic acid groups (broad SMARTS) is 1. The molecule has 1 N–H and O–H groups in total. The van der Waals surface area contributed by atoms with E-state index < -0.39 is 5.97 Å². The molecule has 0 spiro atoms. The van der Waals surface area contributed by atoms with Gasteiger partial charge in [0.25, 0.3) is 0 Å². The summed E-state index contributed by atoms with van der Waals surface area (Å²) in [5.41, 5.74) is 2.67. The van der Waals surface area contributed by atoms with Crippen LogP contribution in [0.5, 0.6) is 5.75 Å². The van der Waals surface area contributed by atoms with Crippen molar-refractivity contribution < 1.29 is 14.6 Å². The van der Waals surface area contributed by atoms with Crippen LogP contribution in [0.1, 0.15) is 10.4 Å². The van der Waals surface area contributed by atoms with Crippen molar-refractivity contribution in [3.8, 4) is 22.7 Å². The van der Waals surface area contributed by atoms with Gasteiger partial charge in [-0.25, -0.2) is 9.48 Å². The van der Waals surface area contributed by atoms with Crippen molar-refractivity contribution in [3.05, 3.63) is 60.3 Å². The zero-order valence-electron chi connectivity index (χ0n) is 11.8. The van der Waals surface area contributed by atoms with Crippen LogP contribution >= 0.6 is 0 Å². The maximum Gasteiger partial charge on any atom is 0.335 e. The van der Waals surface area contributed by atoms with Crippen LogP contribution in [0.3, 0.4) is 0 Å². The lowest BCUT2D eigenvalue weighted by Crippen LogP contribution is -2.01. The second-order valence-corrected chi connectivity index (χ2v) is 4.62. The minimum Gasteiger partial charge on any atom is -0.497 e. The lowest BCUT2D eigenvalue weighted by molar-refractivity contribution is 0.0697. The van der Waals surface area contributed by atoms with Crippen LogP contribution in [-0.4, -0.2) is 33.2 Å². The highest BCUT2D eigenvalue weighted by Gasteiger charge is 2.10. The Morgan fingerprint density at radius 3 is 2.64 bits per heavy atom. The molecule has 110 valence electrons. The number of hydrogen-bond acceptors (Lipinski definition) is 4. The van der Waals surface area contributed by atoms with Crippen LogP contribution < -0.4 is 4.74 Å². The molecule has 6 heteroatoms. The molecule has 0 aliphatic heterocycles. The van der Waals surface area contributed by atoms with Crippen LogP contribution in [-0.2, 0) is 0 Å². The number of hydrogen-bond donors (Lipinski definition) is 1. The van der Waals surface area contributed by atoms with Gasteiger partial charge in [0.1, 0.15) is 5.75 Å². The fourth-order valence-corrected chi connectivity index (χ4v) is 2.15. The Balaban J connectivity index is 2.03. The van der Waals surface area contributed by atoms with Gasteiger partial charge >= 0.3 is 5.97 Å². The number of benzene rings is 2. The first-order valence-corrected chi connectivity index (χ1v) is 6.58. The minimum absolute atomic E-state index is 0.229. The Morgan fingerprint density at radius 1 is 1.18 bits per heavy atom. The monoisotopic (exact) mass is 295 g/mol. The van der Waals surface area contributed by atoms with E-state index in [0.29, 0.717) is 0 Å². The summed E-state index contributed by atoms with van der Waals surface area (Å²) < 4.78 is 6.88. The molecule has 1 aromatic heterocycles. The molecule has 0 saturated heterocycles. The molecule has 0 amide bonds. The van der Waals surface area contributed by atoms with Crippen LogP contribution in [0.2, 0.25) is 0 Å². The van der Waals surface area contributed by atoms with Crippen molar-refractivity contribution in [2.24, 2.45) is 0 Å². The van der Waals surface area contributed by atoms with Crippen LogP contribution in [0.25, 0.3) is 16.9 Å². The molecule has 0 unspecified atom stereocenters. The maximum absolute atomic E-state index is 10.9. The van der Waals surface area contributed by atoms with Gasteiger partial charge in [-0.3, -0.25) is 0 Å². The molecule has 6 nitrogen and oxygen atoms in total. The molecule has 0 aliphatic carbocycles. The number of carbonyl (C=O) groups is 1. The molecule has 0 aliphatic rings. The largest absolute Gasteiger partial charge is 0.497 e. The number of rotatable bonds is 4.